The Kier molecular flexibility index (Phi) is 3.36. The van der Waals surface area contributed by atoms with Gasteiger partial charge in [-0.3, -0.25) is 9.48 Å². The second-order valence-corrected chi connectivity index (χ2v) is 4.10. The minimum Gasteiger partial charge on any atom is -0.469 e. The standard InChI is InChI=1S/C12H16N4O2/c1-8-11(13)12(16(2)15-8)14-10(17)6-5-9-4-3-7-18-9/h3-4,7H,5-6,13H2,1-2H3,(H,14,17). The van der Waals surface area contributed by atoms with Gasteiger partial charge in [-0.05, 0) is 19.1 Å². The number of nitrogens with zero attached hydrogens (tertiary/aromatic N) is 2. The first-order valence-electron chi connectivity index (χ1n) is 5.69. The van der Waals surface area contributed by atoms with Gasteiger partial charge in [0.15, 0.2) is 5.82 Å². The molecule has 0 saturated carbocycles. The summed E-state index contributed by atoms with van der Waals surface area (Å²) in [6, 6.07) is 3.64. The maximum Gasteiger partial charge on any atom is 0.226 e. The molecule has 0 spiro atoms. The highest BCUT2D eigenvalue weighted by Crippen LogP contribution is 2.21. The van der Waals surface area contributed by atoms with E-state index >= 15 is 0 Å². The van der Waals surface area contributed by atoms with E-state index < -0.39 is 0 Å². The highest BCUT2D eigenvalue weighted by molar-refractivity contribution is 5.93. The Bertz CT molecular complexity index is 543. The third-order valence-electron chi connectivity index (χ3n) is 2.70. The number of aryl methyl sites for hydroxylation is 3. The number of carbonyl (C=O) groups excluding carboxylic acids is 1. The molecule has 0 aliphatic rings. The number of furan rings is 1. The fourth-order valence-corrected chi connectivity index (χ4v) is 1.71. The molecule has 3 N–H and O–H groups in total. The van der Waals surface area contributed by atoms with Crippen molar-refractivity contribution in [1.82, 2.24) is 9.78 Å². The van der Waals surface area contributed by atoms with Gasteiger partial charge in [-0.1, -0.05) is 0 Å². The van der Waals surface area contributed by atoms with Crippen LogP contribution in [0.15, 0.2) is 22.8 Å². The van der Waals surface area contributed by atoms with Gasteiger partial charge >= 0.3 is 0 Å². The topological polar surface area (TPSA) is 86.1 Å². The summed E-state index contributed by atoms with van der Waals surface area (Å²) in [5, 5.41) is 6.89. The third-order valence-corrected chi connectivity index (χ3v) is 2.70. The lowest BCUT2D eigenvalue weighted by molar-refractivity contribution is -0.116. The second-order valence-electron chi connectivity index (χ2n) is 4.10. The van der Waals surface area contributed by atoms with Gasteiger partial charge in [-0.2, -0.15) is 5.10 Å². The van der Waals surface area contributed by atoms with Crippen molar-refractivity contribution in [3.05, 3.63) is 29.9 Å². The minimum atomic E-state index is -0.110. The Morgan fingerprint density at radius 3 is 2.94 bits per heavy atom. The number of anilines is 2. The molecule has 0 bridgehead atoms. The van der Waals surface area contributed by atoms with Gasteiger partial charge in [-0.15, -0.1) is 0 Å². The number of amides is 1. The number of rotatable bonds is 4. The molecule has 0 aromatic carbocycles. The summed E-state index contributed by atoms with van der Waals surface area (Å²) >= 11 is 0. The van der Waals surface area contributed by atoms with Crippen LogP contribution in [0.25, 0.3) is 0 Å². The summed E-state index contributed by atoms with van der Waals surface area (Å²) in [4.78, 5) is 11.8. The zero-order valence-electron chi connectivity index (χ0n) is 10.4. The lowest BCUT2D eigenvalue weighted by atomic mass is 10.2. The number of carbonyl (C=O) groups is 1. The molecule has 6 heteroatoms. The summed E-state index contributed by atoms with van der Waals surface area (Å²) in [5.74, 6) is 1.22. The maximum atomic E-state index is 11.8. The number of nitrogen functional groups attached to an aromatic ring is 1. The molecule has 2 aromatic rings. The number of hydrogen-bond donors (Lipinski definition) is 2. The van der Waals surface area contributed by atoms with E-state index in [0.29, 0.717) is 30.0 Å². The molecule has 0 aliphatic heterocycles. The van der Waals surface area contributed by atoms with Crippen molar-refractivity contribution in [2.75, 3.05) is 11.1 Å². The van der Waals surface area contributed by atoms with Crippen molar-refractivity contribution < 1.29 is 9.21 Å². The molecule has 0 aliphatic carbocycles. The molecule has 2 rings (SSSR count). The SMILES string of the molecule is Cc1nn(C)c(NC(=O)CCc2ccco2)c1N. The van der Waals surface area contributed by atoms with Crippen molar-refractivity contribution >= 4 is 17.4 Å². The van der Waals surface area contributed by atoms with Crippen LogP contribution in [0.5, 0.6) is 0 Å². The summed E-state index contributed by atoms with van der Waals surface area (Å²) in [6.07, 6.45) is 2.50. The van der Waals surface area contributed by atoms with Gasteiger partial charge in [0.05, 0.1) is 17.6 Å². The normalized spacial score (nSPS) is 10.6. The maximum absolute atomic E-state index is 11.8. The molecule has 2 heterocycles. The highest BCUT2D eigenvalue weighted by Gasteiger charge is 2.13. The first-order chi connectivity index (χ1) is 8.58. The summed E-state index contributed by atoms with van der Waals surface area (Å²) < 4.78 is 6.73. The number of aromatic nitrogens is 2. The average molecular weight is 248 g/mol. The summed E-state index contributed by atoms with van der Waals surface area (Å²) in [7, 11) is 1.74. The zero-order chi connectivity index (χ0) is 13.1. The molecular weight excluding hydrogens is 232 g/mol. The molecule has 0 saturated heterocycles. The van der Waals surface area contributed by atoms with Gasteiger partial charge in [-0.25, -0.2) is 0 Å². The number of nitrogens with two attached hydrogens (primary N) is 1. The Hall–Kier alpha value is -2.24. The highest BCUT2D eigenvalue weighted by atomic mass is 16.3. The summed E-state index contributed by atoms with van der Waals surface area (Å²) in [6.45, 7) is 1.80. The van der Waals surface area contributed by atoms with E-state index in [-0.39, 0.29) is 5.91 Å². The Morgan fingerprint density at radius 2 is 2.39 bits per heavy atom. The Balaban J connectivity index is 1.95. The molecule has 1 amide bonds. The molecule has 0 unspecified atom stereocenters. The van der Waals surface area contributed by atoms with Crippen LogP contribution in [-0.4, -0.2) is 15.7 Å². The first-order valence-corrected chi connectivity index (χ1v) is 5.69. The van der Waals surface area contributed by atoms with Crippen molar-refractivity contribution in [2.24, 2.45) is 7.05 Å². The van der Waals surface area contributed by atoms with Crippen molar-refractivity contribution in [3.63, 3.8) is 0 Å². The Labute approximate surface area is 105 Å². The van der Waals surface area contributed by atoms with E-state index in [4.69, 9.17) is 10.2 Å². The van der Waals surface area contributed by atoms with Crippen LogP contribution in [0.4, 0.5) is 11.5 Å². The molecule has 6 nitrogen and oxygen atoms in total. The monoisotopic (exact) mass is 248 g/mol. The van der Waals surface area contributed by atoms with Crippen LogP contribution in [0, 0.1) is 6.92 Å². The van der Waals surface area contributed by atoms with E-state index in [9.17, 15) is 4.79 Å². The predicted octanol–water partition coefficient (Wildman–Crippen LogP) is 1.48. The first kappa shape index (κ1) is 12.2. The largest absolute Gasteiger partial charge is 0.469 e. The predicted molar refractivity (Wildman–Crippen MR) is 68.0 cm³/mol. The lowest BCUT2D eigenvalue weighted by Gasteiger charge is -2.05. The van der Waals surface area contributed by atoms with Gasteiger partial charge in [0.1, 0.15) is 5.76 Å². The van der Waals surface area contributed by atoms with Crippen LogP contribution in [0.1, 0.15) is 17.9 Å². The Morgan fingerprint density at radius 1 is 1.61 bits per heavy atom. The fraction of sp³-hybridized carbons (Fsp3) is 0.333. The molecule has 2 aromatic heterocycles. The zero-order valence-corrected chi connectivity index (χ0v) is 10.4. The second kappa shape index (κ2) is 4.95. The van der Waals surface area contributed by atoms with Gasteiger partial charge in [0, 0.05) is 19.9 Å². The quantitative estimate of drug-likeness (QED) is 0.858. The molecule has 18 heavy (non-hydrogen) atoms. The van der Waals surface area contributed by atoms with Crippen LogP contribution in [0.3, 0.4) is 0 Å². The molecular formula is C12H16N4O2. The lowest BCUT2D eigenvalue weighted by Crippen LogP contribution is -2.15. The van der Waals surface area contributed by atoms with E-state index in [1.807, 2.05) is 6.07 Å². The molecule has 0 atom stereocenters. The molecule has 0 fully saturated rings. The van der Waals surface area contributed by atoms with Crippen LogP contribution in [0.2, 0.25) is 0 Å². The van der Waals surface area contributed by atoms with Gasteiger partial charge in [0.2, 0.25) is 5.91 Å². The van der Waals surface area contributed by atoms with E-state index in [2.05, 4.69) is 10.4 Å². The molecule has 0 radical (unpaired) electrons. The average Bonchev–Trinajstić information content (AvgIpc) is 2.92. The van der Waals surface area contributed by atoms with Gasteiger partial charge < -0.3 is 15.5 Å². The van der Waals surface area contributed by atoms with E-state index in [0.717, 1.165) is 5.76 Å². The van der Waals surface area contributed by atoms with E-state index in [1.54, 1.807) is 31.0 Å². The van der Waals surface area contributed by atoms with E-state index in [1.165, 1.54) is 0 Å². The molecule has 96 valence electrons. The van der Waals surface area contributed by atoms with Crippen LogP contribution >= 0.6 is 0 Å². The number of nitrogens with one attached hydrogen (secondary N) is 1. The van der Waals surface area contributed by atoms with Crippen LogP contribution in [-0.2, 0) is 18.3 Å². The van der Waals surface area contributed by atoms with Gasteiger partial charge in [0.25, 0.3) is 0 Å². The minimum absolute atomic E-state index is 0.110. The summed E-state index contributed by atoms with van der Waals surface area (Å²) in [5.41, 5.74) is 7.04. The van der Waals surface area contributed by atoms with Crippen molar-refractivity contribution in [1.29, 1.82) is 0 Å². The van der Waals surface area contributed by atoms with Crippen LogP contribution < -0.4 is 11.1 Å². The van der Waals surface area contributed by atoms with Crippen molar-refractivity contribution in [3.8, 4) is 0 Å². The number of hydrogen-bond acceptors (Lipinski definition) is 4. The van der Waals surface area contributed by atoms with Crippen molar-refractivity contribution in [2.45, 2.75) is 19.8 Å². The fourth-order valence-electron chi connectivity index (χ4n) is 1.71. The third kappa shape index (κ3) is 2.53. The smallest absolute Gasteiger partial charge is 0.226 e.